The fourth-order valence-corrected chi connectivity index (χ4v) is 2.97. The van der Waals surface area contributed by atoms with Crippen molar-refractivity contribution in [2.45, 2.75) is 52.9 Å². The minimum absolute atomic E-state index is 0.0757. The van der Waals surface area contributed by atoms with Gasteiger partial charge in [0.15, 0.2) is 6.61 Å². The lowest BCUT2D eigenvalue weighted by Gasteiger charge is -2.19. The van der Waals surface area contributed by atoms with Crippen LogP contribution in [0.2, 0.25) is 0 Å². The number of pyridine rings is 1. The Balaban J connectivity index is 0.00000121. The van der Waals surface area contributed by atoms with E-state index in [2.05, 4.69) is 10.3 Å². The van der Waals surface area contributed by atoms with Crippen LogP contribution < -0.4 is 10.1 Å². The molecular formula is C23H32F3N3O3. The molecule has 1 amide bonds. The molecule has 1 saturated heterocycles. The van der Waals surface area contributed by atoms with Crippen molar-refractivity contribution in [3.05, 3.63) is 53.7 Å². The highest BCUT2D eigenvalue weighted by Crippen LogP contribution is 2.34. The first-order valence-corrected chi connectivity index (χ1v) is 10.8. The van der Waals surface area contributed by atoms with Crippen LogP contribution in [0.25, 0.3) is 0 Å². The molecule has 1 aromatic carbocycles. The van der Waals surface area contributed by atoms with Gasteiger partial charge in [-0.25, -0.2) is 4.98 Å². The minimum atomic E-state index is -4.50. The molecule has 1 unspecified atom stereocenters. The molecule has 9 heteroatoms. The summed E-state index contributed by atoms with van der Waals surface area (Å²) in [6.07, 6.45) is -2.68. The second-order valence-electron chi connectivity index (χ2n) is 6.46. The van der Waals surface area contributed by atoms with Gasteiger partial charge in [0.05, 0.1) is 12.2 Å². The van der Waals surface area contributed by atoms with Gasteiger partial charge in [-0.3, -0.25) is 4.79 Å². The summed E-state index contributed by atoms with van der Waals surface area (Å²) in [5.41, 5.74) is -0.0886. The number of aliphatic hydroxyl groups is 1. The van der Waals surface area contributed by atoms with Crippen molar-refractivity contribution in [2.24, 2.45) is 0 Å². The fraction of sp³-hybridized carbons (Fsp3) is 0.478. The predicted octanol–water partition coefficient (Wildman–Crippen LogP) is 4.74. The Bertz CT molecular complexity index is 814. The zero-order chi connectivity index (χ0) is 24.1. The molecule has 0 spiro atoms. The molecule has 1 aliphatic rings. The van der Waals surface area contributed by atoms with Crippen LogP contribution in [0.5, 0.6) is 5.75 Å². The van der Waals surface area contributed by atoms with Crippen LogP contribution in [0.1, 0.15) is 45.2 Å². The largest absolute Gasteiger partial charge is 0.484 e. The number of hydrogen-bond acceptors (Lipinski definition) is 5. The van der Waals surface area contributed by atoms with Gasteiger partial charge in [-0.2, -0.15) is 13.2 Å². The molecule has 0 saturated carbocycles. The van der Waals surface area contributed by atoms with Crippen molar-refractivity contribution < 1.29 is 27.8 Å². The van der Waals surface area contributed by atoms with Crippen molar-refractivity contribution in [1.82, 2.24) is 9.88 Å². The Morgan fingerprint density at radius 2 is 1.84 bits per heavy atom. The van der Waals surface area contributed by atoms with E-state index in [0.717, 1.165) is 11.6 Å². The fourth-order valence-electron chi connectivity index (χ4n) is 2.97. The van der Waals surface area contributed by atoms with Crippen molar-refractivity contribution >= 4 is 11.7 Å². The number of ether oxygens (including phenoxy) is 1. The zero-order valence-electron chi connectivity index (χ0n) is 18.9. The highest BCUT2D eigenvalue weighted by molar-refractivity contribution is 5.78. The Morgan fingerprint density at radius 1 is 1.19 bits per heavy atom. The maximum Gasteiger partial charge on any atom is 0.419 e. The number of carbonyl (C=O) groups is 1. The quantitative estimate of drug-likeness (QED) is 0.658. The van der Waals surface area contributed by atoms with Crippen LogP contribution in [0.3, 0.4) is 0 Å². The lowest BCUT2D eigenvalue weighted by atomic mass is 10.2. The monoisotopic (exact) mass is 455 g/mol. The summed E-state index contributed by atoms with van der Waals surface area (Å²) in [5.74, 6) is 0.0323. The van der Waals surface area contributed by atoms with Crippen molar-refractivity contribution in [3.63, 3.8) is 0 Å². The summed E-state index contributed by atoms with van der Waals surface area (Å²) >= 11 is 0. The Hall–Kier alpha value is -2.81. The van der Waals surface area contributed by atoms with Crippen molar-refractivity contribution in [2.75, 3.05) is 25.0 Å². The molecule has 6 nitrogen and oxygen atoms in total. The summed E-state index contributed by atoms with van der Waals surface area (Å²) in [5, 5.41) is 11.8. The third kappa shape index (κ3) is 8.03. The molecule has 178 valence electrons. The first kappa shape index (κ1) is 27.2. The van der Waals surface area contributed by atoms with Crippen LogP contribution in [-0.2, 0) is 17.6 Å². The van der Waals surface area contributed by atoms with Gasteiger partial charge in [-0.05, 0) is 36.2 Å². The van der Waals surface area contributed by atoms with Gasteiger partial charge in [-0.15, -0.1) is 0 Å². The Kier molecular flexibility index (Phi) is 11.5. The van der Waals surface area contributed by atoms with E-state index in [1.807, 2.05) is 27.7 Å². The second-order valence-corrected chi connectivity index (χ2v) is 6.46. The Labute approximate surface area is 187 Å². The lowest BCUT2D eigenvalue weighted by molar-refractivity contribution is -0.137. The molecule has 2 N–H and O–H groups in total. The molecule has 1 fully saturated rings. The smallest absolute Gasteiger partial charge is 0.419 e. The molecule has 2 aromatic rings. The lowest BCUT2D eigenvalue weighted by Crippen LogP contribution is -2.35. The number of amides is 1. The van der Waals surface area contributed by atoms with Gasteiger partial charge in [0.1, 0.15) is 11.6 Å². The van der Waals surface area contributed by atoms with Crippen LogP contribution in [0, 0.1) is 0 Å². The number of nitrogens with one attached hydrogen (secondary N) is 1. The van der Waals surface area contributed by atoms with Crippen LogP contribution >= 0.6 is 0 Å². The average molecular weight is 456 g/mol. The normalized spacial score (nSPS) is 15.1. The average Bonchev–Trinajstić information content (AvgIpc) is 3.29. The summed E-state index contributed by atoms with van der Waals surface area (Å²) < 4.78 is 44.6. The molecule has 1 aromatic heterocycles. The van der Waals surface area contributed by atoms with E-state index in [-0.39, 0.29) is 37.5 Å². The van der Waals surface area contributed by atoms with E-state index in [0.29, 0.717) is 18.7 Å². The van der Waals surface area contributed by atoms with Gasteiger partial charge in [0.2, 0.25) is 0 Å². The standard InChI is InChI=1S/C19H20F3N3O3.2C2H6/c20-19(21,22)16-2-1-8-23-18(16)24-14-7-9-25(10-14)17(27)12-28-15-5-3-13(11-26)4-6-15;2*1-2/h1-6,8,14,26H,7,9-12H2,(H,23,24);2*1-2H3. The van der Waals surface area contributed by atoms with Gasteiger partial charge in [0.25, 0.3) is 5.91 Å². The molecule has 3 rings (SSSR count). The molecule has 1 aliphatic heterocycles. The molecule has 2 heterocycles. The summed E-state index contributed by atoms with van der Waals surface area (Å²) in [6, 6.07) is 8.61. The van der Waals surface area contributed by atoms with Gasteiger partial charge >= 0.3 is 6.18 Å². The van der Waals surface area contributed by atoms with E-state index in [1.54, 1.807) is 29.2 Å². The zero-order valence-corrected chi connectivity index (χ0v) is 18.9. The summed E-state index contributed by atoms with van der Waals surface area (Å²) in [6.45, 7) is 8.47. The molecule has 0 radical (unpaired) electrons. The van der Waals surface area contributed by atoms with Crippen molar-refractivity contribution in [1.29, 1.82) is 0 Å². The topological polar surface area (TPSA) is 74.7 Å². The Morgan fingerprint density at radius 3 is 2.44 bits per heavy atom. The number of aromatic nitrogens is 1. The highest BCUT2D eigenvalue weighted by Gasteiger charge is 2.35. The first-order valence-electron chi connectivity index (χ1n) is 10.8. The number of halogens is 3. The van der Waals surface area contributed by atoms with Gasteiger partial charge in [0, 0.05) is 25.3 Å². The van der Waals surface area contributed by atoms with E-state index in [9.17, 15) is 18.0 Å². The molecule has 0 aliphatic carbocycles. The number of likely N-dealkylation sites (tertiary alicyclic amines) is 1. The molecule has 32 heavy (non-hydrogen) atoms. The number of hydrogen-bond donors (Lipinski definition) is 2. The maximum absolute atomic E-state index is 13.1. The number of benzene rings is 1. The number of anilines is 1. The third-order valence-corrected chi connectivity index (χ3v) is 4.46. The SMILES string of the molecule is CC.CC.O=C(COc1ccc(CO)cc1)N1CCC(Nc2ncccc2C(F)(F)F)C1. The number of alkyl halides is 3. The van der Waals surface area contributed by atoms with E-state index >= 15 is 0 Å². The van der Waals surface area contributed by atoms with Crippen LogP contribution in [0.4, 0.5) is 19.0 Å². The number of aliphatic hydroxyl groups excluding tert-OH is 1. The number of carbonyl (C=O) groups excluding carboxylic acids is 1. The van der Waals surface area contributed by atoms with E-state index < -0.39 is 11.7 Å². The predicted molar refractivity (Wildman–Crippen MR) is 118 cm³/mol. The van der Waals surface area contributed by atoms with E-state index in [4.69, 9.17) is 9.84 Å². The van der Waals surface area contributed by atoms with Crippen molar-refractivity contribution in [3.8, 4) is 5.75 Å². The molecular weight excluding hydrogens is 423 g/mol. The summed E-state index contributed by atoms with van der Waals surface area (Å²) in [4.78, 5) is 17.6. The minimum Gasteiger partial charge on any atom is -0.484 e. The van der Waals surface area contributed by atoms with Gasteiger partial charge < -0.3 is 20.1 Å². The second kappa shape index (κ2) is 13.6. The third-order valence-electron chi connectivity index (χ3n) is 4.46. The molecule has 0 bridgehead atoms. The van der Waals surface area contributed by atoms with Crippen LogP contribution in [-0.4, -0.2) is 46.6 Å². The maximum atomic E-state index is 13.1. The number of rotatable bonds is 6. The van der Waals surface area contributed by atoms with E-state index in [1.165, 1.54) is 12.3 Å². The highest BCUT2D eigenvalue weighted by atomic mass is 19.4. The van der Waals surface area contributed by atoms with Gasteiger partial charge in [-0.1, -0.05) is 39.8 Å². The summed E-state index contributed by atoms with van der Waals surface area (Å²) in [7, 11) is 0. The molecule has 1 atom stereocenters. The van der Waals surface area contributed by atoms with Crippen LogP contribution in [0.15, 0.2) is 42.6 Å². The number of nitrogens with zero attached hydrogens (tertiary/aromatic N) is 2. The first-order chi connectivity index (χ1) is 15.4.